The topological polar surface area (TPSA) is 45.0 Å². The van der Waals surface area contributed by atoms with E-state index in [1.54, 1.807) is 0 Å². The first-order valence-electron chi connectivity index (χ1n) is 6.91. The molecule has 0 saturated heterocycles. The minimum atomic E-state index is -0.914. The van der Waals surface area contributed by atoms with E-state index in [9.17, 15) is 14.0 Å². The minimum Gasteiger partial charge on any atom is -0.490 e. The monoisotopic (exact) mass is 278 g/mol. The van der Waals surface area contributed by atoms with Crippen molar-refractivity contribution < 1.29 is 13.5 Å². The Hall–Kier alpha value is -1.67. The van der Waals surface area contributed by atoms with Crippen LogP contribution in [0.5, 0.6) is 5.75 Å². The van der Waals surface area contributed by atoms with E-state index in [0.717, 1.165) is 37.8 Å². The molecule has 2 saturated carbocycles. The zero-order valence-corrected chi connectivity index (χ0v) is 11.0. The van der Waals surface area contributed by atoms with Crippen molar-refractivity contribution in [2.24, 2.45) is 0 Å². The smallest absolute Gasteiger partial charge is 0.162 e. The number of rotatable bonds is 4. The zero-order chi connectivity index (χ0) is 14.2. The molecule has 0 aromatic heterocycles. The van der Waals surface area contributed by atoms with Crippen molar-refractivity contribution in [2.75, 3.05) is 0 Å². The molecule has 0 heterocycles. The van der Waals surface area contributed by atoms with Crippen molar-refractivity contribution in [1.82, 2.24) is 5.32 Å². The van der Waals surface area contributed by atoms with Gasteiger partial charge in [0.15, 0.2) is 11.6 Å². The van der Waals surface area contributed by atoms with E-state index in [0.29, 0.717) is 18.2 Å². The van der Waals surface area contributed by atoms with Crippen LogP contribution in [0.4, 0.5) is 8.78 Å². The Kier molecular flexibility index (Phi) is 3.35. The van der Waals surface area contributed by atoms with E-state index in [1.807, 2.05) is 0 Å². The maximum absolute atomic E-state index is 13.1. The average Bonchev–Trinajstić information content (AvgIpc) is 3.15. The summed E-state index contributed by atoms with van der Waals surface area (Å²) in [7, 11) is 0. The van der Waals surface area contributed by atoms with Crippen LogP contribution in [0.25, 0.3) is 0 Å². The Morgan fingerprint density at radius 2 is 2.05 bits per heavy atom. The van der Waals surface area contributed by atoms with Crippen molar-refractivity contribution >= 4 is 0 Å². The summed E-state index contributed by atoms with van der Waals surface area (Å²) in [5.74, 6) is -1.48. The second-order valence-electron chi connectivity index (χ2n) is 5.67. The zero-order valence-electron chi connectivity index (χ0n) is 11.0. The van der Waals surface area contributed by atoms with Crippen LogP contribution in [0.15, 0.2) is 18.2 Å². The lowest BCUT2D eigenvalue weighted by Crippen LogP contribution is -2.43. The molecule has 3 rings (SSSR count). The van der Waals surface area contributed by atoms with Gasteiger partial charge in [0, 0.05) is 18.5 Å². The molecule has 20 heavy (non-hydrogen) atoms. The fraction of sp³-hybridized carbons (Fsp3) is 0.533. The van der Waals surface area contributed by atoms with Gasteiger partial charge in [-0.15, -0.1) is 0 Å². The molecule has 3 nitrogen and oxygen atoms in total. The van der Waals surface area contributed by atoms with Gasteiger partial charge in [-0.3, -0.25) is 5.32 Å². The standard InChI is InChI=1S/C15H16F2N2O/c16-13-4-3-11(7-14(13)17)20-12-5-6-15(8-12,9-18)19-10-1-2-10/h3-4,7,10,12,19H,1-2,5-6,8H2. The van der Waals surface area contributed by atoms with Gasteiger partial charge in [-0.05, 0) is 37.8 Å². The van der Waals surface area contributed by atoms with Gasteiger partial charge in [-0.2, -0.15) is 5.26 Å². The highest BCUT2D eigenvalue weighted by atomic mass is 19.2. The van der Waals surface area contributed by atoms with Crippen LogP contribution in [0, 0.1) is 23.0 Å². The highest BCUT2D eigenvalue weighted by Crippen LogP contribution is 2.35. The van der Waals surface area contributed by atoms with Crippen LogP contribution in [0.3, 0.4) is 0 Å². The van der Waals surface area contributed by atoms with Gasteiger partial charge in [-0.1, -0.05) is 0 Å². The van der Waals surface area contributed by atoms with E-state index in [2.05, 4.69) is 11.4 Å². The molecule has 0 amide bonds. The molecule has 1 aromatic carbocycles. The molecule has 0 aliphatic heterocycles. The van der Waals surface area contributed by atoms with Crippen molar-refractivity contribution in [3.8, 4) is 11.8 Å². The second-order valence-corrected chi connectivity index (χ2v) is 5.67. The summed E-state index contributed by atoms with van der Waals surface area (Å²) in [6, 6.07) is 6.34. The predicted octanol–water partition coefficient (Wildman–Crippen LogP) is 2.91. The summed E-state index contributed by atoms with van der Waals surface area (Å²) in [4.78, 5) is 0. The Morgan fingerprint density at radius 1 is 1.25 bits per heavy atom. The van der Waals surface area contributed by atoms with Crippen molar-refractivity contribution in [1.29, 1.82) is 5.26 Å². The van der Waals surface area contributed by atoms with Gasteiger partial charge in [0.1, 0.15) is 17.4 Å². The van der Waals surface area contributed by atoms with E-state index in [-0.39, 0.29) is 6.10 Å². The van der Waals surface area contributed by atoms with Gasteiger partial charge in [-0.25, -0.2) is 8.78 Å². The molecule has 2 unspecified atom stereocenters. The molecule has 0 spiro atoms. The number of benzene rings is 1. The van der Waals surface area contributed by atoms with Crippen LogP contribution in [-0.2, 0) is 0 Å². The van der Waals surface area contributed by atoms with Crippen molar-refractivity contribution in [3.05, 3.63) is 29.8 Å². The molecular formula is C15H16F2N2O. The number of nitriles is 1. The first kappa shape index (κ1) is 13.3. The lowest BCUT2D eigenvalue weighted by Gasteiger charge is -2.22. The van der Waals surface area contributed by atoms with Gasteiger partial charge in [0.2, 0.25) is 0 Å². The predicted molar refractivity (Wildman–Crippen MR) is 69.1 cm³/mol. The van der Waals surface area contributed by atoms with Gasteiger partial charge in [0.05, 0.1) is 6.07 Å². The number of hydrogen-bond acceptors (Lipinski definition) is 3. The largest absolute Gasteiger partial charge is 0.490 e. The van der Waals surface area contributed by atoms with Crippen LogP contribution in [-0.4, -0.2) is 17.7 Å². The van der Waals surface area contributed by atoms with Crippen LogP contribution < -0.4 is 10.1 Å². The van der Waals surface area contributed by atoms with Crippen molar-refractivity contribution in [2.45, 2.75) is 49.8 Å². The van der Waals surface area contributed by atoms with Gasteiger partial charge < -0.3 is 4.74 Å². The SMILES string of the molecule is N#CC1(NC2CC2)CCC(Oc2ccc(F)c(F)c2)C1. The third kappa shape index (κ3) is 2.75. The van der Waals surface area contributed by atoms with Gasteiger partial charge in [0.25, 0.3) is 0 Å². The number of nitrogens with one attached hydrogen (secondary N) is 1. The Labute approximate surface area is 116 Å². The van der Waals surface area contributed by atoms with Crippen LogP contribution in [0.2, 0.25) is 0 Å². The highest BCUT2D eigenvalue weighted by molar-refractivity contribution is 5.25. The second kappa shape index (κ2) is 5.02. The number of ether oxygens (including phenoxy) is 1. The fourth-order valence-electron chi connectivity index (χ4n) is 2.73. The summed E-state index contributed by atoms with van der Waals surface area (Å²) in [5.41, 5.74) is -0.523. The van der Waals surface area contributed by atoms with Crippen molar-refractivity contribution in [3.63, 3.8) is 0 Å². The normalized spacial score (nSPS) is 29.1. The number of hydrogen-bond donors (Lipinski definition) is 1. The average molecular weight is 278 g/mol. The number of nitrogens with zero attached hydrogens (tertiary/aromatic N) is 1. The molecule has 2 atom stereocenters. The molecular weight excluding hydrogens is 262 g/mol. The minimum absolute atomic E-state index is 0.134. The third-order valence-corrected chi connectivity index (χ3v) is 3.93. The quantitative estimate of drug-likeness (QED) is 0.921. The lowest BCUT2D eigenvalue weighted by atomic mass is 9.99. The number of halogens is 2. The maximum atomic E-state index is 13.1. The maximum Gasteiger partial charge on any atom is 0.162 e. The Balaban J connectivity index is 1.64. The Morgan fingerprint density at radius 3 is 2.70 bits per heavy atom. The van der Waals surface area contributed by atoms with Gasteiger partial charge >= 0.3 is 0 Å². The lowest BCUT2D eigenvalue weighted by molar-refractivity contribution is 0.199. The molecule has 1 aromatic rings. The summed E-state index contributed by atoms with van der Waals surface area (Å²) in [5, 5.41) is 12.8. The summed E-state index contributed by atoms with van der Waals surface area (Å²) in [6.45, 7) is 0. The molecule has 2 aliphatic rings. The highest BCUT2D eigenvalue weighted by Gasteiger charge is 2.43. The molecule has 1 N–H and O–H groups in total. The van der Waals surface area contributed by atoms with E-state index < -0.39 is 17.2 Å². The third-order valence-electron chi connectivity index (χ3n) is 3.93. The summed E-state index contributed by atoms with van der Waals surface area (Å²) < 4.78 is 31.7. The first-order chi connectivity index (χ1) is 9.60. The fourth-order valence-corrected chi connectivity index (χ4v) is 2.73. The van der Waals surface area contributed by atoms with Crippen LogP contribution in [0.1, 0.15) is 32.1 Å². The molecule has 2 aliphatic carbocycles. The molecule has 2 fully saturated rings. The summed E-state index contributed by atoms with van der Waals surface area (Å²) in [6.07, 6.45) is 4.17. The molecule has 0 bridgehead atoms. The molecule has 0 radical (unpaired) electrons. The summed E-state index contributed by atoms with van der Waals surface area (Å²) >= 11 is 0. The van der Waals surface area contributed by atoms with Crippen LogP contribution >= 0.6 is 0 Å². The van der Waals surface area contributed by atoms with E-state index >= 15 is 0 Å². The van der Waals surface area contributed by atoms with E-state index in [1.165, 1.54) is 6.07 Å². The molecule has 5 heteroatoms. The Bertz CT molecular complexity index is 553. The van der Waals surface area contributed by atoms with E-state index in [4.69, 9.17) is 4.74 Å². The molecule has 106 valence electrons. The first-order valence-corrected chi connectivity index (χ1v) is 6.91.